The lowest BCUT2D eigenvalue weighted by molar-refractivity contribution is 0.724. The van der Waals surface area contributed by atoms with Crippen LogP contribution in [0.2, 0.25) is 0 Å². The zero-order valence-corrected chi connectivity index (χ0v) is 10.9. The van der Waals surface area contributed by atoms with E-state index in [9.17, 15) is 0 Å². The number of hydrogen-bond donors (Lipinski definition) is 1. The van der Waals surface area contributed by atoms with E-state index in [2.05, 4.69) is 38.8 Å². The maximum absolute atomic E-state index is 4.53. The van der Waals surface area contributed by atoms with E-state index in [0.717, 1.165) is 38.2 Å². The number of hydrogen-bond acceptors (Lipinski definition) is 3. The first-order chi connectivity index (χ1) is 8.90. The lowest BCUT2D eigenvalue weighted by atomic mass is 10.1. The predicted molar refractivity (Wildman–Crippen MR) is 74.3 cm³/mol. The molecule has 0 aliphatic carbocycles. The number of anilines is 1. The van der Waals surface area contributed by atoms with Gasteiger partial charge in [0.1, 0.15) is 0 Å². The third-order valence-electron chi connectivity index (χ3n) is 3.66. The monoisotopic (exact) mass is 244 g/mol. The van der Waals surface area contributed by atoms with Crippen molar-refractivity contribution in [3.63, 3.8) is 0 Å². The molecule has 1 fully saturated rings. The Morgan fingerprint density at radius 3 is 3.11 bits per heavy atom. The van der Waals surface area contributed by atoms with Gasteiger partial charge in [-0.3, -0.25) is 0 Å². The second-order valence-electron chi connectivity index (χ2n) is 4.79. The molecular formula is C14H20N4. The smallest absolute Gasteiger partial charge is 0.160 e. The molecule has 0 radical (unpaired) electrons. The van der Waals surface area contributed by atoms with Gasteiger partial charge in [0, 0.05) is 38.2 Å². The van der Waals surface area contributed by atoms with E-state index in [1.807, 2.05) is 12.4 Å². The van der Waals surface area contributed by atoms with E-state index in [4.69, 9.17) is 0 Å². The van der Waals surface area contributed by atoms with Crippen LogP contribution in [0.3, 0.4) is 0 Å². The van der Waals surface area contributed by atoms with Gasteiger partial charge in [-0.15, -0.1) is 0 Å². The van der Waals surface area contributed by atoms with Gasteiger partial charge in [-0.1, -0.05) is 6.92 Å². The second kappa shape index (κ2) is 4.98. The highest BCUT2D eigenvalue weighted by Gasteiger charge is 2.16. The Morgan fingerprint density at radius 2 is 2.22 bits per heavy atom. The number of aryl methyl sites for hydroxylation is 1. The zero-order valence-electron chi connectivity index (χ0n) is 10.9. The van der Waals surface area contributed by atoms with Crippen molar-refractivity contribution in [3.8, 4) is 0 Å². The summed E-state index contributed by atoms with van der Waals surface area (Å²) in [6, 6.07) is 2.22. The minimum absolute atomic E-state index is 1.06. The molecule has 1 aliphatic rings. The summed E-state index contributed by atoms with van der Waals surface area (Å²) in [4.78, 5) is 7.02. The Hall–Kier alpha value is -1.55. The molecule has 18 heavy (non-hydrogen) atoms. The molecule has 2 aromatic rings. The van der Waals surface area contributed by atoms with Gasteiger partial charge in [-0.25, -0.2) is 4.98 Å². The van der Waals surface area contributed by atoms with Crippen LogP contribution in [0.5, 0.6) is 0 Å². The molecule has 4 heteroatoms. The first kappa shape index (κ1) is 11.5. The second-order valence-corrected chi connectivity index (χ2v) is 4.79. The van der Waals surface area contributed by atoms with Gasteiger partial charge < -0.3 is 14.6 Å². The van der Waals surface area contributed by atoms with Crippen LogP contribution in [0.15, 0.2) is 24.7 Å². The highest BCUT2D eigenvalue weighted by atomic mass is 15.2. The molecule has 96 valence electrons. The maximum Gasteiger partial charge on any atom is 0.160 e. The zero-order chi connectivity index (χ0) is 12.4. The van der Waals surface area contributed by atoms with E-state index in [1.165, 1.54) is 17.7 Å². The molecule has 1 aliphatic heterocycles. The molecule has 2 aromatic heterocycles. The maximum atomic E-state index is 4.53. The number of imidazole rings is 1. The largest absolute Gasteiger partial charge is 0.367 e. The Balaban J connectivity index is 2.09. The summed E-state index contributed by atoms with van der Waals surface area (Å²) in [5, 5.41) is 3.46. The third kappa shape index (κ3) is 1.97. The third-order valence-corrected chi connectivity index (χ3v) is 3.66. The van der Waals surface area contributed by atoms with Crippen LogP contribution in [0, 0.1) is 0 Å². The molecule has 0 unspecified atom stereocenters. The number of aromatic nitrogens is 2. The molecule has 1 N–H and O–H groups in total. The van der Waals surface area contributed by atoms with Crippen molar-refractivity contribution in [1.29, 1.82) is 0 Å². The lowest BCUT2D eigenvalue weighted by Gasteiger charge is -2.25. The van der Waals surface area contributed by atoms with Gasteiger partial charge in [-0.05, 0) is 31.0 Å². The van der Waals surface area contributed by atoms with Crippen molar-refractivity contribution in [1.82, 2.24) is 14.7 Å². The number of nitrogens with zero attached hydrogens (tertiary/aromatic N) is 3. The van der Waals surface area contributed by atoms with Gasteiger partial charge in [0.2, 0.25) is 0 Å². The minimum Gasteiger partial charge on any atom is -0.367 e. The van der Waals surface area contributed by atoms with Crippen molar-refractivity contribution in [3.05, 3.63) is 30.2 Å². The molecule has 4 nitrogen and oxygen atoms in total. The number of pyridine rings is 1. The van der Waals surface area contributed by atoms with Crippen molar-refractivity contribution in [2.75, 3.05) is 31.1 Å². The van der Waals surface area contributed by atoms with Crippen LogP contribution in [-0.4, -0.2) is 35.6 Å². The van der Waals surface area contributed by atoms with Gasteiger partial charge in [0.05, 0.1) is 5.69 Å². The van der Waals surface area contributed by atoms with Gasteiger partial charge in [0.15, 0.2) is 5.65 Å². The van der Waals surface area contributed by atoms with Crippen LogP contribution in [0.4, 0.5) is 5.69 Å². The van der Waals surface area contributed by atoms with E-state index in [1.54, 1.807) is 0 Å². The first-order valence-corrected chi connectivity index (χ1v) is 6.80. The van der Waals surface area contributed by atoms with Crippen molar-refractivity contribution >= 4 is 11.3 Å². The topological polar surface area (TPSA) is 32.6 Å². The standard InChI is InChI=1S/C14H20N4/c1-2-12-4-9-18-11-7-16-14(18)13(12)17-8-3-5-15-6-10-17/h4,7,9,11,15H,2-3,5-6,8,10H2,1H3. The Bertz CT molecular complexity index is 524. The first-order valence-electron chi connectivity index (χ1n) is 6.80. The molecule has 0 spiro atoms. The van der Waals surface area contributed by atoms with Crippen LogP contribution >= 0.6 is 0 Å². The Morgan fingerprint density at radius 1 is 1.28 bits per heavy atom. The number of fused-ring (bicyclic) bond motifs is 1. The molecule has 0 saturated carbocycles. The summed E-state index contributed by atoms with van der Waals surface area (Å²) in [7, 11) is 0. The SMILES string of the molecule is CCc1ccn2ccnc2c1N1CCCNCC1. The van der Waals surface area contributed by atoms with Crippen LogP contribution in [0.25, 0.3) is 5.65 Å². The average molecular weight is 244 g/mol. The fourth-order valence-electron chi connectivity index (χ4n) is 2.71. The molecule has 0 bridgehead atoms. The summed E-state index contributed by atoms with van der Waals surface area (Å²) >= 11 is 0. The van der Waals surface area contributed by atoms with Crippen LogP contribution < -0.4 is 10.2 Å². The molecule has 0 atom stereocenters. The normalized spacial score (nSPS) is 17.1. The van der Waals surface area contributed by atoms with Gasteiger partial charge in [0.25, 0.3) is 0 Å². The average Bonchev–Trinajstić information content (AvgIpc) is 2.71. The van der Waals surface area contributed by atoms with E-state index in [0.29, 0.717) is 0 Å². The number of rotatable bonds is 2. The fourth-order valence-corrected chi connectivity index (χ4v) is 2.71. The molecule has 0 amide bonds. The quantitative estimate of drug-likeness (QED) is 0.872. The molecule has 1 saturated heterocycles. The van der Waals surface area contributed by atoms with Crippen LogP contribution in [0.1, 0.15) is 18.9 Å². The Kier molecular flexibility index (Phi) is 3.19. The molecule has 0 aromatic carbocycles. The minimum atomic E-state index is 1.06. The van der Waals surface area contributed by atoms with E-state index < -0.39 is 0 Å². The van der Waals surface area contributed by atoms with E-state index in [-0.39, 0.29) is 0 Å². The lowest BCUT2D eigenvalue weighted by Crippen LogP contribution is -2.29. The number of nitrogens with one attached hydrogen (secondary N) is 1. The fraction of sp³-hybridized carbons (Fsp3) is 0.500. The summed E-state index contributed by atoms with van der Waals surface area (Å²) < 4.78 is 2.12. The Labute approximate surface area is 108 Å². The van der Waals surface area contributed by atoms with Crippen molar-refractivity contribution in [2.24, 2.45) is 0 Å². The van der Waals surface area contributed by atoms with Crippen molar-refractivity contribution in [2.45, 2.75) is 19.8 Å². The summed E-state index contributed by atoms with van der Waals surface area (Å²) in [5.74, 6) is 0. The van der Waals surface area contributed by atoms with Crippen LogP contribution in [-0.2, 0) is 6.42 Å². The molecular weight excluding hydrogens is 224 g/mol. The summed E-state index contributed by atoms with van der Waals surface area (Å²) in [6.45, 7) is 6.58. The van der Waals surface area contributed by atoms with Gasteiger partial charge in [-0.2, -0.15) is 0 Å². The summed E-state index contributed by atoms with van der Waals surface area (Å²) in [6.07, 6.45) is 8.27. The van der Waals surface area contributed by atoms with E-state index >= 15 is 0 Å². The predicted octanol–water partition coefficient (Wildman–Crippen LogP) is 1.70. The molecule has 3 heterocycles. The molecule has 3 rings (SSSR count). The van der Waals surface area contributed by atoms with Gasteiger partial charge >= 0.3 is 0 Å². The van der Waals surface area contributed by atoms with Crippen molar-refractivity contribution < 1.29 is 0 Å². The highest BCUT2D eigenvalue weighted by molar-refractivity contribution is 5.73. The summed E-state index contributed by atoms with van der Waals surface area (Å²) in [5.41, 5.74) is 3.82. The highest BCUT2D eigenvalue weighted by Crippen LogP contribution is 2.26.